The number of rotatable bonds is 46. The second kappa shape index (κ2) is 47.3. The van der Waals surface area contributed by atoms with Crippen molar-refractivity contribution >= 4 is 13.8 Å². The Kier molecular flexibility index (Phi) is 45.8. The van der Waals surface area contributed by atoms with Gasteiger partial charge in [0.05, 0.1) is 26.4 Å². The lowest BCUT2D eigenvalue weighted by Crippen LogP contribution is -2.28. The Hall–Kier alpha value is -1.80. The van der Waals surface area contributed by atoms with Gasteiger partial charge >= 0.3 is 13.8 Å². The monoisotopic (exact) mass is 850 g/mol. The fraction of sp³-hybridized carbons (Fsp3) is 0.780. The third-order valence-corrected chi connectivity index (χ3v) is 11.2. The van der Waals surface area contributed by atoms with Crippen LogP contribution in [0, 0.1) is 0 Å². The van der Waals surface area contributed by atoms with Crippen molar-refractivity contribution in [3.05, 3.63) is 60.8 Å². The average molecular weight is 850 g/mol. The molecule has 0 aromatic rings. The summed E-state index contributed by atoms with van der Waals surface area (Å²) in [6.45, 7) is 4.60. The zero-order chi connectivity index (χ0) is 43.0. The van der Waals surface area contributed by atoms with E-state index in [1.54, 1.807) is 0 Å². The minimum absolute atomic E-state index is 0.0623. The maximum atomic E-state index is 12.6. The lowest BCUT2D eigenvalue weighted by Gasteiger charge is -2.19. The first-order valence-corrected chi connectivity index (χ1v) is 25.8. The van der Waals surface area contributed by atoms with Crippen LogP contribution in [0.15, 0.2) is 60.8 Å². The van der Waals surface area contributed by atoms with E-state index in [-0.39, 0.29) is 32.3 Å². The van der Waals surface area contributed by atoms with Crippen LogP contribution < -0.4 is 5.73 Å². The number of ether oxygens (including phenoxy) is 2. The van der Waals surface area contributed by atoms with Crippen LogP contribution in [-0.4, -0.2) is 49.9 Å². The minimum Gasteiger partial charge on any atom is -0.457 e. The Morgan fingerprint density at radius 3 is 1.32 bits per heavy atom. The molecule has 0 aromatic heterocycles. The molecule has 0 aliphatic rings. The molecular formula is C50H92NO7P. The number of nitrogens with two attached hydrogens (primary N) is 1. The van der Waals surface area contributed by atoms with E-state index in [1.165, 1.54) is 135 Å². The van der Waals surface area contributed by atoms with Gasteiger partial charge in [-0.25, -0.2) is 4.57 Å². The van der Waals surface area contributed by atoms with Crippen LogP contribution in [0.5, 0.6) is 0 Å². The normalized spacial score (nSPS) is 13.9. The fourth-order valence-corrected chi connectivity index (χ4v) is 7.48. The summed E-state index contributed by atoms with van der Waals surface area (Å²) in [5.41, 5.74) is 5.37. The first-order chi connectivity index (χ1) is 28.9. The molecule has 2 atom stereocenters. The van der Waals surface area contributed by atoms with Crippen molar-refractivity contribution in [1.82, 2.24) is 0 Å². The summed E-state index contributed by atoms with van der Waals surface area (Å²) in [4.78, 5) is 22.5. The smallest absolute Gasteiger partial charge is 0.457 e. The Bertz CT molecular complexity index is 1090. The Morgan fingerprint density at radius 2 is 0.915 bits per heavy atom. The number of carbonyl (C=O) groups excluding carboxylic acids is 1. The molecular weight excluding hydrogens is 758 g/mol. The molecule has 0 amide bonds. The zero-order valence-electron chi connectivity index (χ0n) is 38.2. The predicted molar refractivity (Wildman–Crippen MR) is 252 cm³/mol. The SMILES string of the molecule is CC/C=C\C/C=C\C/C=C\C/C=C\C/C=C\CCOCC(COP(=O)(O)OCCN)OC(=O)CCCCCCCCCCCCCCCCCCCCCCCCCC. The number of phosphoric acid groups is 1. The van der Waals surface area contributed by atoms with Gasteiger partial charge in [0.15, 0.2) is 0 Å². The van der Waals surface area contributed by atoms with E-state index < -0.39 is 13.9 Å². The molecule has 0 saturated carbocycles. The molecule has 0 bridgehead atoms. The Morgan fingerprint density at radius 1 is 0.525 bits per heavy atom. The van der Waals surface area contributed by atoms with Gasteiger partial charge in [-0.1, -0.05) is 222 Å². The number of hydrogen-bond acceptors (Lipinski definition) is 7. The molecule has 9 heteroatoms. The van der Waals surface area contributed by atoms with E-state index >= 15 is 0 Å². The third kappa shape index (κ3) is 47.1. The first-order valence-electron chi connectivity index (χ1n) is 24.3. The summed E-state index contributed by atoms with van der Waals surface area (Å²) >= 11 is 0. The van der Waals surface area contributed by atoms with E-state index in [2.05, 4.69) is 74.6 Å². The molecule has 59 heavy (non-hydrogen) atoms. The number of esters is 1. The van der Waals surface area contributed by atoms with Gasteiger partial charge in [0, 0.05) is 13.0 Å². The second-order valence-electron chi connectivity index (χ2n) is 16.0. The average Bonchev–Trinajstić information content (AvgIpc) is 3.23. The second-order valence-corrected chi connectivity index (χ2v) is 17.4. The van der Waals surface area contributed by atoms with Crippen molar-refractivity contribution in [2.45, 2.75) is 219 Å². The van der Waals surface area contributed by atoms with Crippen molar-refractivity contribution in [2.75, 3.05) is 33.0 Å². The van der Waals surface area contributed by atoms with Gasteiger partial charge in [0.2, 0.25) is 0 Å². The Balaban J connectivity index is 3.99. The van der Waals surface area contributed by atoms with Gasteiger partial charge in [0.1, 0.15) is 6.10 Å². The van der Waals surface area contributed by atoms with Crippen LogP contribution in [0.1, 0.15) is 213 Å². The van der Waals surface area contributed by atoms with Gasteiger partial charge in [-0.3, -0.25) is 13.8 Å². The maximum absolute atomic E-state index is 12.6. The maximum Gasteiger partial charge on any atom is 0.472 e. The predicted octanol–water partition coefficient (Wildman–Crippen LogP) is 14.9. The van der Waals surface area contributed by atoms with Crippen molar-refractivity contribution in [3.63, 3.8) is 0 Å². The van der Waals surface area contributed by atoms with Gasteiger partial charge in [0.25, 0.3) is 0 Å². The number of unbranched alkanes of at least 4 members (excludes halogenated alkanes) is 23. The highest BCUT2D eigenvalue weighted by molar-refractivity contribution is 7.47. The van der Waals surface area contributed by atoms with Crippen LogP contribution >= 0.6 is 7.82 Å². The highest BCUT2D eigenvalue weighted by atomic mass is 31.2. The van der Waals surface area contributed by atoms with Gasteiger partial charge < -0.3 is 20.1 Å². The van der Waals surface area contributed by atoms with Crippen molar-refractivity contribution in [3.8, 4) is 0 Å². The molecule has 0 rings (SSSR count). The van der Waals surface area contributed by atoms with E-state index in [1.807, 2.05) is 0 Å². The molecule has 0 spiro atoms. The highest BCUT2D eigenvalue weighted by Crippen LogP contribution is 2.43. The Labute approximate surface area is 363 Å². The fourth-order valence-electron chi connectivity index (χ4n) is 6.71. The molecule has 8 nitrogen and oxygen atoms in total. The van der Waals surface area contributed by atoms with Crippen LogP contribution in [0.25, 0.3) is 0 Å². The summed E-state index contributed by atoms with van der Waals surface area (Å²) in [7, 11) is -4.30. The van der Waals surface area contributed by atoms with Crippen molar-refractivity contribution < 1.29 is 32.8 Å². The molecule has 3 N–H and O–H groups in total. The van der Waals surface area contributed by atoms with E-state index in [0.29, 0.717) is 19.4 Å². The molecule has 0 radical (unpaired) electrons. The van der Waals surface area contributed by atoms with Gasteiger partial charge in [-0.15, -0.1) is 0 Å². The molecule has 0 saturated heterocycles. The van der Waals surface area contributed by atoms with Gasteiger partial charge in [-0.2, -0.15) is 0 Å². The standard InChI is InChI=1S/C50H92NO7P/c1-3-5-7-9-11-13-15-17-19-21-22-23-24-25-26-27-28-29-31-33-35-37-39-41-43-50(52)58-49(48-57-59(53,54)56-46-44-51)47-55-45-42-40-38-36-34-32-30-20-18-16-14-12-10-8-6-4-2/h6,8,12,14,18,20,32,34,38,40,49H,3-5,7,9-11,13,15-17,19,21-31,33,35-37,39,41-48,51H2,1-2H3,(H,53,54)/b8-6-,14-12-,20-18-,34-32-,40-38-. The van der Waals surface area contributed by atoms with Crippen LogP contribution in [0.3, 0.4) is 0 Å². The molecule has 0 aliphatic heterocycles. The topological polar surface area (TPSA) is 117 Å². The number of carbonyl (C=O) groups is 1. The number of hydrogen-bond donors (Lipinski definition) is 2. The van der Waals surface area contributed by atoms with Crippen molar-refractivity contribution in [1.29, 1.82) is 0 Å². The van der Waals surface area contributed by atoms with Crippen LogP contribution in [0.4, 0.5) is 0 Å². The molecule has 344 valence electrons. The first kappa shape index (κ1) is 57.2. The lowest BCUT2D eigenvalue weighted by molar-refractivity contribution is -0.154. The van der Waals surface area contributed by atoms with E-state index in [0.717, 1.165) is 51.4 Å². The summed E-state index contributed by atoms with van der Waals surface area (Å²) in [5.74, 6) is -0.352. The zero-order valence-corrected chi connectivity index (χ0v) is 39.1. The quantitative estimate of drug-likeness (QED) is 0.0269. The van der Waals surface area contributed by atoms with E-state index in [4.69, 9.17) is 24.3 Å². The van der Waals surface area contributed by atoms with E-state index in [9.17, 15) is 14.3 Å². The molecule has 0 heterocycles. The van der Waals surface area contributed by atoms with Crippen molar-refractivity contribution in [2.24, 2.45) is 5.73 Å². The summed E-state index contributed by atoms with van der Waals surface area (Å²) in [6.07, 6.45) is 58.6. The van der Waals surface area contributed by atoms with Crippen LogP contribution in [-0.2, 0) is 27.9 Å². The summed E-state index contributed by atoms with van der Waals surface area (Å²) in [5, 5.41) is 0. The number of allylic oxidation sites excluding steroid dienone is 9. The third-order valence-electron chi connectivity index (χ3n) is 10.2. The van der Waals surface area contributed by atoms with Crippen LogP contribution in [0.2, 0.25) is 0 Å². The molecule has 0 aromatic carbocycles. The molecule has 0 aliphatic carbocycles. The largest absolute Gasteiger partial charge is 0.472 e. The lowest BCUT2D eigenvalue weighted by atomic mass is 10.0. The molecule has 2 unspecified atom stereocenters. The van der Waals surface area contributed by atoms with Gasteiger partial charge in [-0.05, 0) is 44.9 Å². The summed E-state index contributed by atoms with van der Waals surface area (Å²) < 4.78 is 33.4. The highest BCUT2D eigenvalue weighted by Gasteiger charge is 2.25. The number of phosphoric ester groups is 1. The molecule has 0 fully saturated rings. The minimum atomic E-state index is -4.30. The summed E-state index contributed by atoms with van der Waals surface area (Å²) in [6, 6.07) is 0.